The SMILES string of the molecule is NCCc1cn(CC(=O)Nc2nc3ccccc3s2)nn1. The maximum Gasteiger partial charge on any atom is 0.247 e. The van der Waals surface area contributed by atoms with E-state index in [0.29, 0.717) is 18.1 Å². The van der Waals surface area contributed by atoms with Gasteiger partial charge < -0.3 is 11.1 Å². The maximum absolute atomic E-state index is 12.0. The molecule has 0 bridgehead atoms. The molecule has 7 nitrogen and oxygen atoms in total. The van der Waals surface area contributed by atoms with Gasteiger partial charge in [0.1, 0.15) is 6.54 Å². The largest absolute Gasteiger partial charge is 0.330 e. The summed E-state index contributed by atoms with van der Waals surface area (Å²) in [6, 6.07) is 7.75. The number of aromatic nitrogens is 4. The quantitative estimate of drug-likeness (QED) is 0.733. The summed E-state index contributed by atoms with van der Waals surface area (Å²) >= 11 is 1.44. The van der Waals surface area contributed by atoms with Crippen LogP contribution in [0.25, 0.3) is 10.2 Å². The Morgan fingerprint density at radius 1 is 1.38 bits per heavy atom. The number of benzene rings is 1. The number of rotatable bonds is 5. The second-order valence-corrected chi connectivity index (χ2v) is 5.51. The van der Waals surface area contributed by atoms with E-state index in [4.69, 9.17) is 5.73 Å². The average Bonchev–Trinajstić information content (AvgIpc) is 3.05. The Morgan fingerprint density at radius 3 is 3.05 bits per heavy atom. The summed E-state index contributed by atoms with van der Waals surface area (Å²) in [4.78, 5) is 16.3. The van der Waals surface area contributed by atoms with Crippen molar-refractivity contribution in [2.75, 3.05) is 11.9 Å². The number of hydrogen-bond acceptors (Lipinski definition) is 6. The third-order valence-corrected chi connectivity index (χ3v) is 3.78. The van der Waals surface area contributed by atoms with Crippen LogP contribution in [-0.4, -0.2) is 32.4 Å². The van der Waals surface area contributed by atoms with E-state index in [1.165, 1.54) is 16.0 Å². The molecule has 108 valence electrons. The highest BCUT2D eigenvalue weighted by molar-refractivity contribution is 7.22. The van der Waals surface area contributed by atoms with Crippen molar-refractivity contribution in [2.45, 2.75) is 13.0 Å². The zero-order chi connectivity index (χ0) is 14.7. The highest BCUT2D eigenvalue weighted by atomic mass is 32.1. The second kappa shape index (κ2) is 5.98. The zero-order valence-electron chi connectivity index (χ0n) is 11.2. The van der Waals surface area contributed by atoms with Crippen molar-refractivity contribution in [1.82, 2.24) is 20.0 Å². The van der Waals surface area contributed by atoms with Crippen LogP contribution in [0.1, 0.15) is 5.69 Å². The lowest BCUT2D eigenvalue weighted by Gasteiger charge is -2.00. The Morgan fingerprint density at radius 2 is 2.24 bits per heavy atom. The van der Waals surface area contributed by atoms with E-state index >= 15 is 0 Å². The van der Waals surface area contributed by atoms with Crippen molar-refractivity contribution >= 4 is 32.6 Å². The van der Waals surface area contributed by atoms with Crippen molar-refractivity contribution in [3.05, 3.63) is 36.2 Å². The Hall–Kier alpha value is -2.32. The highest BCUT2D eigenvalue weighted by Crippen LogP contribution is 2.25. The summed E-state index contributed by atoms with van der Waals surface area (Å²) in [5, 5.41) is 11.2. The van der Waals surface area contributed by atoms with Crippen molar-refractivity contribution < 1.29 is 4.79 Å². The van der Waals surface area contributed by atoms with Crippen molar-refractivity contribution in [3.8, 4) is 0 Å². The van der Waals surface area contributed by atoms with Crippen LogP contribution in [0.4, 0.5) is 5.13 Å². The first-order valence-electron chi connectivity index (χ1n) is 6.49. The van der Waals surface area contributed by atoms with Gasteiger partial charge in [0, 0.05) is 12.6 Å². The Balaban J connectivity index is 1.65. The van der Waals surface area contributed by atoms with Crippen molar-refractivity contribution in [3.63, 3.8) is 0 Å². The van der Waals surface area contributed by atoms with Gasteiger partial charge in [-0.05, 0) is 18.7 Å². The molecule has 2 aromatic heterocycles. The standard InChI is InChI=1S/C13H14N6OS/c14-6-5-9-7-19(18-17-9)8-12(20)16-13-15-10-3-1-2-4-11(10)21-13/h1-4,7H,5-6,8,14H2,(H,15,16,20). The monoisotopic (exact) mass is 302 g/mol. The molecule has 1 amide bonds. The molecule has 0 fully saturated rings. The lowest BCUT2D eigenvalue weighted by atomic mass is 10.3. The molecule has 3 aromatic rings. The zero-order valence-corrected chi connectivity index (χ0v) is 12.0. The second-order valence-electron chi connectivity index (χ2n) is 4.48. The van der Waals surface area contributed by atoms with E-state index in [9.17, 15) is 4.79 Å². The van der Waals surface area contributed by atoms with Gasteiger partial charge in [0.15, 0.2) is 5.13 Å². The number of amides is 1. The lowest BCUT2D eigenvalue weighted by Crippen LogP contribution is -2.19. The first-order chi connectivity index (χ1) is 10.2. The van der Waals surface area contributed by atoms with Gasteiger partial charge in [0.25, 0.3) is 0 Å². The van der Waals surface area contributed by atoms with Gasteiger partial charge in [-0.3, -0.25) is 4.79 Å². The third kappa shape index (κ3) is 3.23. The Labute approximate surface area is 124 Å². The molecule has 21 heavy (non-hydrogen) atoms. The smallest absolute Gasteiger partial charge is 0.247 e. The van der Waals surface area contributed by atoms with E-state index in [1.54, 1.807) is 6.20 Å². The molecule has 0 spiro atoms. The summed E-state index contributed by atoms with van der Waals surface area (Å²) in [5.41, 5.74) is 7.11. The minimum absolute atomic E-state index is 0.105. The van der Waals surface area contributed by atoms with E-state index in [0.717, 1.165) is 15.9 Å². The summed E-state index contributed by atoms with van der Waals surface area (Å²) < 4.78 is 2.53. The molecule has 0 aliphatic rings. The number of hydrogen-bond donors (Lipinski definition) is 2. The molecule has 0 saturated carbocycles. The van der Waals surface area contributed by atoms with Gasteiger partial charge in [0.2, 0.25) is 5.91 Å². The molecule has 0 saturated heterocycles. The molecule has 0 atom stereocenters. The first kappa shape index (κ1) is 13.7. The summed E-state index contributed by atoms with van der Waals surface area (Å²) in [6.07, 6.45) is 2.38. The van der Waals surface area contributed by atoms with Crippen molar-refractivity contribution in [1.29, 1.82) is 0 Å². The van der Waals surface area contributed by atoms with Crippen LogP contribution in [-0.2, 0) is 17.8 Å². The number of fused-ring (bicyclic) bond motifs is 1. The van der Waals surface area contributed by atoms with Crippen LogP contribution in [0.5, 0.6) is 0 Å². The van der Waals surface area contributed by atoms with Gasteiger partial charge in [0.05, 0.1) is 15.9 Å². The molecule has 2 heterocycles. The molecule has 0 aliphatic carbocycles. The number of para-hydroxylation sites is 1. The van der Waals surface area contributed by atoms with Gasteiger partial charge in [-0.2, -0.15) is 0 Å². The van der Waals surface area contributed by atoms with Crippen LogP contribution in [0.15, 0.2) is 30.5 Å². The van der Waals surface area contributed by atoms with Gasteiger partial charge in [-0.25, -0.2) is 9.67 Å². The molecule has 0 aliphatic heterocycles. The molecule has 3 N–H and O–H groups in total. The number of carbonyl (C=O) groups is 1. The highest BCUT2D eigenvalue weighted by Gasteiger charge is 2.09. The fourth-order valence-corrected chi connectivity index (χ4v) is 2.79. The Kier molecular flexibility index (Phi) is 3.89. The number of nitrogens with zero attached hydrogens (tertiary/aromatic N) is 4. The molecular weight excluding hydrogens is 288 g/mol. The molecule has 1 aromatic carbocycles. The molecular formula is C13H14N6OS. The number of anilines is 1. The van der Waals surface area contributed by atoms with E-state index < -0.39 is 0 Å². The number of carbonyl (C=O) groups excluding carboxylic acids is 1. The van der Waals surface area contributed by atoms with Crippen LogP contribution in [0.2, 0.25) is 0 Å². The summed E-state index contributed by atoms with van der Waals surface area (Å²) in [5.74, 6) is -0.182. The lowest BCUT2D eigenvalue weighted by molar-refractivity contribution is -0.116. The molecule has 0 unspecified atom stereocenters. The number of nitrogens with one attached hydrogen (secondary N) is 1. The van der Waals surface area contributed by atoms with Crippen molar-refractivity contribution in [2.24, 2.45) is 5.73 Å². The third-order valence-electron chi connectivity index (χ3n) is 2.83. The minimum atomic E-state index is -0.182. The molecule has 8 heteroatoms. The normalized spacial score (nSPS) is 10.9. The number of thiazole rings is 1. The molecule has 3 rings (SSSR count). The topological polar surface area (TPSA) is 98.7 Å². The van der Waals surface area contributed by atoms with Gasteiger partial charge in [-0.1, -0.05) is 28.7 Å². The van der Waals surface area contributed by atoms with Crippen LogP contribution < -0.4 is 11.1 Å². The van der Waals surface area contributed by atoms with E-state index in [1.807, 2.05) is 24.3 Å². The number of nitrogens with two attached hydrogens (primary N) is 1. The Bertz CT molecular complexity index is 732. The van der Waals surface area contributed by atoms with E-state index in [2.05, 4.69) is 20.6 Å². The van der Waals surface area contributed by atoms with Crippen LogP contribution in [0, 0.1) is 0 Å². The van der Waals surface area contributed by atoms with E-state index in [-0.39, 0.29) is 12.5 Å². The minimum Gasteiger partial charge on any atom is -0.330 e. The van der Waals surface area contributed by atoms with Gasteiger partial charge >= 0.3 is 0 Å². The molecule has 0 radical (unpaired) electrons. The summed E-state index contributed by atoms with van der Waals surface area (Å²) in [7, 11) is 0. The average molecular weight is 302 g/mol. The first-order valence-corrected chi connectivity index (χ1v) is 7.31. The fourth-order valence-electron chi connectivity index (χ4n) is 1.91. The van der Waals surface area contributed by atoms with Gasteiger partial charge in [-0.15, -0.1) is 5.10 Å². The maximum atomic E-state index is 12.0. The van der Waals surface area contributed by atoms with Crippen LogP contribution in [0.3, 0.4) is 0 Å². The summed E-state index contributed by atoms with van der Waals surface area (Å²) in [6.45, 7) is 0.615. The van der Waals surface area contributed by atoms with Crippen LogP contribution >= 0.6 is 11.3 Å². The predicted molar refractivity (Wildman–Crippen MR) is 81.0 cm³/mol. The predicted octanol–water partition coefficient (Wildman–Crippen LogP) is 1.03. The fraction of sp³-hybridized carbons (Fsp3) is 0.231.